The highest BCUT2D eigenvalue weighted by Gasteiger charge is 2.28. The van der Waals surface area contributed by atoms with E-state index in [4.69, 9.17) is 0 Å². The van der Waals surface area contributed by atoms with E-state index >= 15 is 0 Å². The highest BCUT2D eigenvalue weighted by molar-refractivity contribution is 7.92. The average molecular weight is 474 g/mol. The zero-order valence-electron chi connectivity index (χ0n) is 20.0. The second kappa shape index (κ2) is 12.4. The first-order valence-electron chi connectivity index (χ1n) is 11.3. The summed E-state index contributed by atoms with van der Waals surface area (Å²) < 4.78 is 26.0. The predicted molar refractivity (Wildman–Crippen MR) is 132 cm³/mol. The number of nitrogens with one attached hydrogen (secondary N) is 1. The molecule has 0 spiro atoms. The van der Waals surface area contributed by atoms with Crippen LogP contribution in [0.5, 0.6) is 0 Å². The molecule has 33 heavy (non-hydrogen) atoms. The molecule has 0 aromatic heterocycles. The normalized spacial score (nSPS) is 12.1. The molecule has 0 heterocycles. The minimum Gasteiger partial charge on any atom is -0.355 e. The molecule has 0 saturated carbocycles. The molecular formula is C25H35N3O4S. The van der Waals surface area contributed by atoms with Crippen molar-refractivity contribution in [2.45, 2.75) is 52.6 Å². The first-order chi connectivity index (χ1) is 15.7. The first kappa shape index (κ1) is 26.4. The van der Waals surface area contributed by atoms with E-state index in [0.717, 1.165) is 11.1 Å². The van der Waals surface area contributed by atoms with Gasteiger partial charge in [0.1, 0.15) is 6.04 Å². The van der Waals surface area contributed by atoms with Crippen molar-refractivity contribution < 1.29 is 18.0 Å². The molecule has 2 rings (SSSR count). The molecule has 0 bridgehead atoms. The van der Waals surface area contributed by atoms with Gasteiger partial charge in [-0.25, -0.2) is 8.42 Å². The third kappa shape index (κ3) is 7.89. The lowest BCUT2D eigenvalue weighted by molar-refractivity contribution is -0.141. The number of amides is 2. The van der Waals surface area contributed by atoms with Gasteiger partial charge in [-0.3, -0.25) is 13.9 Å². The van der Waals surface area contributed by atoms with Crippen molar-refractivity contribution in [2.24, 2.45) is 0 Å². The number of carbonyl (C=O) groups excluding carboxylic acids is 2. The Kier molecular flexibility index (Phi) is 9.91. The molecule has 2 aromatic rings. The van der Waals surface area contributed by atoms with E-state index in [1.807, 2.05) is 63.2 Å². The second-order valence-corrected chi connectivity index (χ2v) is 10.0. The fraction of sp³-hybridized carbons (Fsp3) is 0.440. The van der Waals surface area contributed by atoms with Crippen LogP contribution in [0.4, 0.5) is 5.69 Å². The Balaban J connectivity index is 2.16. The Bertz CT molecular complexity index is 1010. The second-order valence-electron chi connectivity index (χ2n) is 8.10. The van der Waals surface area contributed by atoms with E-state index in [1.165, 1.54) is 10.6 Å². The van der Waals surface area contributed by atoms with Crippen LogP contribution in [0.2, 0.25) is 0 Å². The van der Waals surface area contributed by atoms with E-state index in [-0.39, 0.29) is 24.8 Å². The summed E-state index contributed by atoms with van der Waals surface area (Å²) in [6, 6.07) is 16.2. The number of hydrogen-bond donors (Lipinski definition) is 1. The third-order valence-electron chi connectivity index (χ3n) is 5.41. The summed E-state index contributed by atoms with van der Waals surface area (Å²) in [6.07, 6.45) is 2.14. The SMILES string of the molecule is CCNC(=O)[C@@H](CC)N(Cc1ccccc1)C(=O)CCCN(c1ccc(C)cc1)S(C)(=O)=O. The van der Waals surface area contributed by atoms with Crippen LogP contribution in [0.15, 0.2) is 54.6 Å². The van der Waals surface area contributed by atoms with Crippen LogP contribution in [-0.4, -0.2) is 50.5 Å². The van der Waals surface area contributed by atoms with E-state index < -0.39 is 16.1 Å². The monoisotopic (exact) mass is 473 g/mol. The molecule has 1 atom stereocenters. The predicted octanol–water partition coefficient (Wildman–Crippen LogP) is 3.48. The van der Waals surface area contributed by atoms with Crippen LogP contribution in [-0.2, 0) is 26.2 Å². The van der Waals surface area contributed by atoms with Gasteiger partial charge in [0, 0.05) is 26.1 Å². The molecule has 2 aromatic carbocycles. The topological polar surface area (TPSA) is 86.8 Å². The highest BCUT2D eigenvalue weighted by atomic mass is 32.2. The van der Waals surface area contributed by atoms with Gasteiger partial charge in [0.15, 0.2) is 0 Å². The molecule has 0 unspecified atom stereocenters. The number of rotatable bonds is 12. The Morgan fingerprint density at radius 2 is 1.64 bits per heavy atom. The lowest BCUT2D eigenvalue weighted by atomic mass is 10.1. The summed E-state index contributed by atoms with van der Waals surface area (Å²) in [6.45, 7) is 6.66. The fourth-order valence-corrected chi connectivity index (χ4v) is 4.67. The van der Waals surface area contributed by atoms with Crippen LogP contribution in [0, 0.1) is 6.92 Å². The smallest absolute Gasteiger partial charge is 0.242 e. The van der Waals surface area contributed by atoms with Gasteiger partial charge in [-0.2, -0.15) is 0 Å². The molecule has 2 amide bonds. The first-order valence-corrected chi connectivity index (χ1v) is 13.2. The Hall–Kier alpha value is -2.87. The summed E-state index contributed by atoms with van der Waals surface area (Å²) in [5.41, 5.74) is 2.55. The summed E-state index contributed by atoms with van der Waals surface area (Å²) >= 11 is 0. The van der Waals surface area contributed by atoms with Crippen molar-refractivity contribution in [3.8, 4) is 0 Å². The van der Waals surface area contributed by atoms with Gasteiger partial charge in [0.25, 0.3) is 0 Å². The maximum Gasteiger partial charge on any atom is 0.242 e. The summed E-state index contributed by atoms with van der Waals surface area (Å²) in [4.78, 5) is 27.5. The van der Waals surface area contributed by atoms with Crippen LogP contribution in [0.25, 0.3) is 0 Å². The van der Waals surface area contributed by atoms with Gasteiger partial charge in [-0.15, -0.1) is 0 Å². The molecule has 8 heteroatoms. The molecule has 0 aliphatic heterocycles. The van der Waals surface area contributed by atoms with Gasteiger partial charge < -0.3 is 10.2 Å². The molecule has 0 aliphatic rings. The van der Waals surface area contributed by atoms with Crippen LogP contribution < -0.4 is 9.62 Å². The van der Waals surface area contributed by atoms with Crippen molar-refractivity contribution >= 4 is 27.5 Å². The average Bonchev–Trinajstić information content (AvgIpc) is 2.77. The number of anilines is 1. The van der Waals surface area contributed by atoms with Gasteiger partial charge in [-0.05, 0) is 44.4 Å². The lowest BCUT2D eigenvalue weighted by Gasteiger charge is -2.31. The standard InChI is InChI=1S/C25H35N3O4S/c1-5-23(25(30)26-6-2)27(19-21-11-8-7-9-12-21)24(29)13-10-18-28(33(4,31)32)22-16-14-20(3)15-17-22/h7-9,11-12,14-17,23H,5-6,10,13,18-19H2,1-4H3,(H,26,30)/t23-/m1/s1. The molecule has 0 aliphatic carbocycles. The number of carbonyl (C=O) groups is 2. The van der Waals surface area contributed by atoms with Crippen LogP contribution in [0.3, 0.4) is 0 Å². The summed E-state index contributed by atoms with van der Waals surface area (Å²) in [5, 5.41) is 2.82. The Morgan fingerprint density at radius 3 is 2.18 bits per heavy atom. The molecule has 7 nitrogen and oxygen atoms in total. The largest absolute Gasteiger partial charge is 0.355 e. The molecule has 0 fully saturated rings. The van der Waals surface area contributed by atoms with E-state index in [2.05, 4.69) is 5.32 Å². The van der Waals surface area contributed by atoms with Crippen LogP contribution in [0.1, 0.15) is 44.2 Å². The van der Waals surface area contributed by atoms with Gasteiger partial charge in [0.2, 0.25) is 21.8 Å². The lowest BCUT2D eigenvalue weighted by Crippen LogP contribution is -2.49. The molecule has 0 saturated heterocycles. The number of aryl methyl sites for hydroxylation is 1. The van der Waals surface area contributed by atoms with E-state index in [1.54, 1.807) is 17.0 Å². The molecule has 0 radical (unpaired) electrons. The van der Waals surface area contributed by atoms with Gasteiger partial charge in [-0.1, -0.05) is 55.0 Å². The summed E-state index contributed by atoms with van der Waals surface area (Å²) in [7, 11) is -3.50. The van der Waals surface area contributed by atoms with Crippen molar-refractivity contribution in [2.75, 3.05) is 23.7 Å². The maximum atomic E-state index is 13.2. The van der Waals surface area contributed by atoms with Crippen LogP contribution >= 0.6 is 0 Å². The highest BCUT2D eigenvalue weighted by Crippen LogP contribution is 2.20. The Morgan fingerprint density at radius 1 is 1.00 bits per heavy atom. The van der Waals surface area contributed by atoms with Crippen molar-refractivity contribution in [3.05, 3.63) is 65.7 Å². The van der Waals surface area contributed by atoms with E-state index in [9.17, 15) is 18.0 Å². The molecule has 180 valence electrons. The van der Waals surface area contributed by atoms with E-state index in [0.29, 0.717) is 31.6 Å². The number of likely N-dealkylation sites (N-methyl/N-ethyl adjacent to an activating group) is 1. The minimum atomic E-state index is -3.50. The number of nitrogens with zero attached hydrogens (tertiary/aromatic N) is 2. The fourth-order valence-electron chi connectivity index (χ4n) is 3.71. The molecular weight excluding hydrogens is 438 g/mol. The molecule has 1 N–H and O–H groups in total. The number of sulfonamides is 1. The maximum absolute atomic E-state index is 13.2. The zero-order chi connectivity index (χ0) is 24.4. The van der Waals surface area contributed by atoms with Crippen molar-refractivity contribution in [1.29, 1.82) is 0 Å². The summed E-state index contributed by atoms with van der Waals surface area (Å²) in [5.74, 6) is -0.351. The van der Waals surface area contributed by atoms with Crippen molar-refractivity contribution in [3.63, 3.8) is 0 Å². The van der Waals surface area contributed by atoms with Crippen molar-refractivity contribution in [1.82, 2.24) is 10.2 Å². The number of benzene rings is 2. The Labute approximate surface area is 197 Å². The van der Waals surface area contributed by atoms with Gasteiger partial charge in [0.05, 0.1) is 11.9 Å². The minimum absolute atomic E-state index is 0.140. The third-order valence-corrected chi connectivity index (χ3v) is 6.60. The van der Waals surface area contributed by atoms with Gasteiger partial charge >= 0.3 is 0 Å². The zero-order valence-corrected chi connectivity index (χ0v) is 20.8. The number of hydrogen-bond acceptors (Lipinski definition) is 4. The quantitative estimate of drug-likeness (QED) is 0.511.